The van der Waals surface area contributed by atoms with E-state index >= 15 is 0 Å². The van der Waals surface area contributed by atoms with Gasteiger partial charge in [-0.05, 0) is 30.0 Å². The molecule has 1 aromatic carbocycles. The van der Waals surface area contributed by atoms with E-state index in [1.165, 1.54) is 6.20 Å². The maximum atomic E-state index is 8.98. The third-order valence-electron chi connectivity index (χ3n) is 3.57. The van der Waals surface area contributed by atoms with Crippen LogP contribution in [0.5, 0.6) is 17.2 Å². The van der Waals surface area contributed by atoms with Gasteiger partial charge in [0.25, 0.3) is 0 Å². The molecule has 0 fully saturated rings. The van der Waals surface area contributed by atoms with Crippen molar-refractivity contribution >= 4 is 11.8 Å². The fourth-order valence-corrected chi connectivity index (χ4v) is 2.32. The molecule has 0 saturated carbocycles. The standard InChI is InChI=1S/C17H24N4O3/c1-4-11-7-14(24-15-9-20-17(19)21-16(15)18)12(10(2)3)8-13(11)23-6-5-22/h7-10,22H,4-6H2,1-3H3,(H4,18,19,20,21). The number of rotatable bonds is 7. The Kier molecular flexibility index (Phi) is 5.81. The number of hydrogen-bond donors (Lipinski definition) is 3. The minimum Gasteiger partial charge on any atom is -0.491 e. The van der Waals surface area contributed by atoms with Crippen LogP contribution < -0.4 is 20.9 Å². The Morgan fingerprint density at radius 3 is 2.50 bits per heavy atom. The maximum Gasteiger partial charge on any atom is 0.222 e. The van der Waals surface area contributed by atoms with Crippen molar-refractivity contribution in [2.75, 3.05) is 24.7 Å². The zero-order valence-corrected chi connectivity index (χ0v) is 14.2. The van der Waals surface area contributed by atoms with Gasteiger partial charge in [0.1, 0.15) is 18.1 Å². The maximum absolute atomic E-state index is 8.98. The molecule has 7 heteroatoms. The number of nitrogens with zero attached hydrogens (tertiary/aromatic N) is 2. The molecule has 0 radical (unpaired) electrons. The summed E-state index contributed by atoms with van der Waals surface area (Å²) < 4.78 is 11.6. The van der Waals surface area contributed by atoms with Gasteiger partial charge >= 0.3 is 0 Å². The third-order valence-corrected chi connectivity index (χ3v) is 3.57. The van der Waals surface area contributed by atoms with Gasteiger partial charge in [-0.3, -0.25) is 0 Å². The Morgan fingerprint density at radius 2 is 1.92 bits per heavy atom. The molecule has 2 rings (SSSR count). The van der Waals surface area contributed by atoms with E-state index in [1.807, 2.05) is 19.1 Å². The zero-order chi connectivity index (χ0) is 17.7. The Morgan fingerprint density at radius 1 is 1.17 bits per heavy atom. The predicted molar refractivity (Wildman–Crippen MR) is 93.4 cm³/mol. The largest absolute Gasteiger partial charge is 0.491 e. The molecule has 0 aliphatic heterocycles. The highest BCUT2D eigenvalue weighted by Gasteiger charge is 2.16. The molecule has 0 aliphatic carbocycles. The molecule has 2 aromatic rings. The van der Waals surface area contributed by atoms with Crippen molar-refractivity contribution in [2.24, 2.45) is 0 Å². The van der Waals surface area contributed by atoms with Gasteiger partial charge in [-0.2, -0.15) is 4.98 Å². The second kappa shape index (κ2) is 7.83. The van der Waals surface area contributed by atoms with Gasteiger partial charge in [-0.15, -0.1) is 0 Å². The lowest BCUT2D eigenvalue weighted by Crippen LogP contribution is -2.06. The first-order valence-electron chi connectivity index (χ1n) is 7.92. The summed E-state index contributed by atoms with van der Waals surface area (Å²) in [5.74, 6) is 2.29. The van der Waals surface area contributed by atoms with Crippen molar-refractivity contribution in [3.63, 3.8) is 0 Å². The highest BCUT2D eigenvalue weighted by molar-refractivity contribution is 5.53. The van der Waals surface area contributed by atoms with Crippen LogP contribution in [0.3, 0.4) is 0 Å². The summed E-state index contributed by atoms with van der Waals surface area (Å²) in [5.41, 5.74) is 13.3. The van der Waals surface area contributed by atoms with Crippen LogP contribution >= 0.6 is 0 Å². The normalized spacial score (nSPS) is 10.9. The van der Waals surface area contributed by atoms with E-state index < -0.39 is 0 Å². The van der Waals surface area contributed by atoms with Gasteiger partial charge in [0, 0.05) is 5.56 Å². The van der Waals surface area contributed by atoms with Gasteiger partial charge in [0.05, 0.1) is 12.8 Å². The predicted octanol–water partition coefficient (Wildman–Crippen LogP) is 2.49. The lowest BCUT2D eigenvalue weighted by molar-refractivity contribution is 0.200. The molecule has 24 heavy (non-hydrogen) atoms. The Balaban J connectivity index is 2.43. The number of aromatic nitrogens is 2. The molecular formula is C17H24N4O3. The minimum atomic E-state index is -0.0300. The van der Waals surface area contributed by atoms with Crippen LogP contribution in [0.15, 0.2) is 18.3 Å². The number of benzene rings is 1. The molecule has 0 aliphatic rings. The fourth-order valence-electron chi connectivity index (χ4n) is 2.32. The van der Waals surface area contributed by atoms with Crippen LogP contribution in [0, 0.1) is 0 Å². The number of ether oxygens (including phenoxy) is 2. The van der Waals surface area contributed by atoms with E-state index in [2.05, 4.69) is 23.8 Å². The van der Waals surface area contributed by atoms with Crippen molar-refractivity contribution in [2.45, 2.75) is 33.1 Å². The average Bonchev–Trinajstić information content (AvgIpc) is 2.55. The summed E-state index contributed by atoms with van der Waals surface area (Å²) in [5, 5.41) is 8.98. The molecule has 0 unspecified atom stereocenters. The number of nitrogens with two attached hydrogens (primary N) is 2. The van der Waals surface area contributed by atoms with Gasteiger partial charge in [0.15, 0.2) is 11.6 Å². The van der Waals surface area contributed by atoms with E-state index in [9.17, 15) is 0 Å². The summed E-state index contributed by atoms with van der Waals surface area (Å²) in [6, 6.07) is 3.88. The van der Waals surface area contributed by atoms with Gasteiger partial charge < -0.3 is 26.0 Å². The number of aliphatic hydroxyl groups excluding tert-OH is 1. The second-order valence-corrected chi connectivity index (χ2v) is 5.66. The van der Waals surface area contributed by atoms with Crippen LogP contribution in [0.4, 0.5) is 11.8 Å². The van der Waals surface area contributed by atoms with Crippen molar-refractivity contribution in [1.82, 2.24) is 9.97 Å². The van der Waals surface area contributed by atoms with Gasteiger partial charge in [-0.1, -0.05) is 20.8 Å². The first kappa shape index (κ1) is 17.8. The van der Waals surface area contributed by atoms with Crippen molar-refractivity contribution in [3.8, 4) is 17.2 Å². The third kappa shape index (κ3) is 4.05. The molecule has 130 valence electrons. The summed E-state index contributed by atoms with van der Waals surface area (Å²) in [4.78, 5) is 7.83. The minimum absolute atomic E-state index is 0.0300. The molecule has 1 aromatic heterocycles. The average molecular weight is 332 g/mol. The molecule has 7 nitrogen and oxygen atoms in total. The quantitative estimate of drug-likeness (QED) is 0.713. The van der Waals surface area contributed by atoms with Gasteiger partial charge in [0.2, 0.25) is 5.95 Å². The molecule has 0 spiro atoms. The molecule has 0 amide bonds. The van der Waals surface area contributed by atoms with Crippen LogP contribution in [0.25, 0.3) is 0 Å². The highest BCUT2D eigenvalue weighted by Crippen LogP contribution is 2.37. The van der Waals surface area contributed by atoms with E-state index in [4.69, 9.17) is 26.0 Å². The second-order valence-electron chi connectivity index (χ2n) is 5.66. The zero-order valence-electron chi connectivity index (χ0n) is 14.2. The van der Waals surface area contributed by atoms with Crippen molar-refractivity contribution in [3.05, 3.63) is 29.5 Å². The van der Waals surface area contributed by atoms with Crippen LogP contribution in [0.1, 0.15) is 37.8 Å². The molecule has 0 saturated heterocycles. The van der Waals surface area contributed by atoms with E-state index in [0.29, 0.717) is 11.5 Å². The summed E-state index contributed by atoms with van der Waals surface area (Å²) >= 11 is 0. The molecular weight excluding hydrogens is 308 g/mol. The summed E-state index contributed by atoms with van der Waals surface area (Å²) in [6.45, 7) is 6.38. The number of aryl methyl sites for hydroxylation is 1. The first-order chi connectivity index (χ1) is 11.5. The first-order valence-corrected chi connectivity index (χ1v) is 7.92. The lowest BCUT2D eigenvalue weighted by atomic mass is 9.98. The number of anilines is 2. The Bertz CT molecular complexity index is 704. The van der Waals surface area contributed by atoms with Crippen molar-refractivity contribution < 1.29 is 14.6 Å². The van der Waals surface area contributed by atoms with E-state index in [1.54, 1.807) is 0 Å². The topological polar surface area (TPSA) is 117 Å². The smallest absolute Gasteiger partial charge is 0.222 e. The van der Waals surface area contributed by atoms with Crippen LogP contribution in [0.2, 0.25) is 0 Å². The number of nitrogen functional groups attached to an aromatic ring is 2. The molecule has 5 N–H and O–H groups in total. The molecule has 0 bridgehead atoms. The SMILES string of the molecule is CCc1cc(Oc2cnc(N)nc2N)c(C(C)C)cc1OCCO. The monoisotopic (exact) mass is 332 g/mol. The lowest BCUT2D eigenvalue weighted by Gasteiger charge is -2.19. The van der Waals surface area contributed by atoms with Crippen LogP contribution in [-0.2, 0) is 6.42 Å². The van der Waals surface area contributed by atoms with E-state index in [0.717, 1.165) is 23.3 Å². The van der Waals surface area contributed by atoms with Crippen molar-refractivity contribution in [1.29, 1.82) is 0 Å². The summed E-state index contributed by atoms with van der Waals surface area (Å²) in [7, 11) is 0. The number of hydrogen-bond acceptors (Lipinski definition) is 7. The Labute approximate surface area is 141 Å². The Hall–Kier alpha value is -2.54. The summed E-state index contributed by atoms with van der Waals surface area (Å²) in [6.07, 6.45) is 2.23. The highest BCUT2D eigenvalue weighted by atomic mass is 16.5. The fraction of sp³-hybridized carbons (Fsp3) is 0.412. The number of aliphatic hydroxyl groups is 1. The molecule has 0 atom stereocenters. The van der Waals surface area contributed by atoms with Gasteiger partial charge in [-0.25, -0.2) is 4.98 Å². The van der Waals surface area contributed by atoms with E-state index in [-0.39, 0.29) is 30.9 Å². The molecule has 1 heterocycles. The van der Waals surface area contributed by atoms with Crippen LogP contribution in [-0.4, -0.2) is 28.3 Å².